The van der Waals surface area contributed by atoms with Crippen LogP contribution in [0.25, 0.3) is 5.69 Å². The molecule has 6 heteroatoms. The highest BCUT2D eigenvalue weighted by molar-refractivity contribution is 5.33. The monoisotopic (exact) mass is 311 g/mol. The van der Waals surface area contributed by atoms with Crippen LogP contribution in [0.3, 0.4) is 0 Å². The molecule has 0 bridgehead atoms. The SMILES string of the molecule is Cc1cc(C)[n+](-c2ccccc2C)c(C)c1.[O-][Cl+3]([O-])([O-])[O-]. The number of halogens is 1. The minimum Gasteiger partial charge on any atom is -0.222 e. The van der Waals surface area contributed by atoms with Gasteiger partial charge in [-0.25, -0.2) is 18.6 Å². The Morgan fingerprint density at radius 3 is 1.67 bits per heavy atom. The second kappa shape index (κ2) is 6.98. The molecule has 2 rings (SSSR count). The average molecular weight is 312 g/mol. The molecule has 0 unspecified atom stereocenters. The molecule has 114 valence electrons. The first-order chi connectivity index (χ1) is 9.59. The van der Waals surface area contributed by atoms with Crippen LogP contribution in [0.5, 0.6) is 0 Å². The van der Waals surface area contributed by atoms with Gasteiger partial charge in [-0.05, 0) is 19.4 Å². The lowest BCUT2D eigenvalue weighted by Crippen LogP contribution is -2.68. The molecule has 21 heavy (non-hydrogen) atoms. The van der Waals surface area contributed by atoms with Crippen molar-refractivity contribution in [2.75, 3.05) is 0 Å². The molecule has 0 aliphatic carbocycles. The van der Waals surface area contributed by atoms with Crippen LogP contribution in [-0.4, -0.2) is 0 Å². The Labute approximate surface area is 126 Å². The zero-order valence-corrected chi connectivity index (χ0v) is 13.2. The van der Waals surface area contributed by atoms with E-state index in [2.05, 4.69) is 68.7 Å². The van der Waals surface area contributed by atoms with Crippen molar-refractivity contribution in [2.24, 2.45) is 0 Å². The van der Waals surface area contributed by atoms with Crippen molar-refractivity contribution in [1.29, 1.82) is 0 Å². The van der Waals surface area contributed by atoms with Gasteiger partial charge in [0, 0.05) is 37.6 Å². The first-order valence-electron chi connectivity index (χ1n) is 6.27. The third-order valence-electron chi connectivity index (χ3n) is 2.93. The molecular formula is C15H18ClNO4. The van der Waals surface area contributed by atoms with Crippen molar-refractivity contribution in [3.8, 4) is 5.69 Å². The number of rotatable bonds is 1. The Morgan fingerprint density at radius 1 is 0.810 bits per heavy atom. The van der Waals surface area contributed by atoms with E-state index >= 15 is 0 Å². The number of aromatic nitrogens is 1. The molecule has 0 N–H and O–H groups in total. The molecule has 0 saturated heterocycles. The molecule has 0 atom stereocenters. The van der Waals surface area contributed by atoms with Crippen LogP contribution in [0.15, 0.2) is 36.4 Å². The molecule has 0 aliphatic rings. The summed E-state index contributed by atoms with van der Waals surface area (Å²) in [6.45, 7) is 8.61. The number of pyridine rings is 1. The van der Waals surface area contributed by atoms with E-state index in [1.54, 1.807) is 0 Å². The van der Waals surface area contributed by atoms with Gasteiger partial charge in [-0.15, -0.1) is 10.2 Å². The van der Waals surface area contributed by atoms with E-state index < -0.39 is 10.2 Å². The van der Waals surface area contributed by atoms with Gasteiger partial charge in [0.1, 0.15) is 0 Å². The number of nitrogens with zero attached hydrogens (tertiary/aromatic N) is 1. The first-order valence-corrected chi connectivity index (χ1v) is 7.50. The number of aryl methyl sites for hydroxylation is 4. The van der Waals surface area contributed by atoms with E-state index in [0.717, 1.165) is 0 Å². The highest BCUT2D eigenvalue weighted by Gasteiger charge is 2.16. The number of benzene rings is 1. The van der Waals surface area contributed by atoms with Gasteiger partial charge in [-0.1, -0.05) is 18.2 Å². The van der Waals surface area contributed by atoms with Crippen molar-refractivity contribution < 1.29 is 33.4 Å². The highest BCUT2D eigenvalue weighted by atomic mass is 35.7. The molecule has 0 amide bonds. The summed E-state index contributed by atoms with van der Waals surface area (Å²) in [5, 5.41) is 0. The molecule has 5 nitrogen and oxygen atoms in total. The Kier molecular flexibility index (Phi) is 5.83. The Balaban J connectivity index is 0.000000383. The molecule has 0 saturated carbocycles. The maximum Gasteiger partial charge on any atom is 0.213 e. The zero-order valence-electron chi connectivity index (χ0n) is 12.4. The van der Waals surface area contributed by atoms with Crippen LogP contribution >= 0.6 is 0 Å². The summed E-state index contributed by atoms with van der Waals surface area (Å²) in [5.74, 6) is 0. The molecule has 0 aliphatic heterocycles. The normalized spacial score (nSPS) is 10.9. The lowest BCUT2D eigenvalue weighted by atomic mass is 10.1. The molecule has 1 aromatic carbocycles. The molecule has 1 heterocycles. The second-order valence-electron chi connectivity index (χ2n) is 4.82. The summed E-state index contributed by atoms with van der Waals surface area (Å²) in [6, 6.07) is 12.9. The Morgan fingerprint density at radius 2 is 1.24 bits per heavy atom. The van der Waals surface area contributed by atoms with Crippen LogP contribution in [0.4, 0.5) is 0 Å². The zero-order chi connectivity index (χ0) is 16.2. The largest absolute Gasteiger partial charge is 0.222 e. The minimum absolute atomic E-state index is 1.28. The van der Waals surface area contributed by atoms with Gasteiger partial charge >= 0.3 is 0 Å². The van der Waals surface area contributed by atoms with E-state index in [1.165, 1.54) is 28.2 Å². The van der Waals surface area contributed by atoms with Crippen LogP contribution in [0, 0.1) is 37.9 Å². The van der Waals surface area contributed by atoms with Gasteiger partial charge in [-0.2, -0.15) is 4.57 Å². The second-order valence-corrected chi connectivity index (χ2v) is 5.57. The summed E-state index contributed by atoms with van der Waals surface area (Å²) >= 11 is 0. The van der Waals surface area contributed by atoms with E-state index in [-0.39, 0.29) is 0 Å². The summed E-state index contributed by atoms with van der Waals surface area (Å²) in [6.07, 6.45) is 0. The standard InChI is InChI=1S/C15H18N.ClHO4/c1-11-9-13(3)16(14(4)10-11)15-8-6-5-7-12(15)2;2-1(3,4)5/h5-10H,1-4H3;(H,2,3,4,5)/q+1;/p-1. The van der Waals surface area contributed by atoms with Gasteiger partial charge in [-0.3, -0.25) is 0 Å². The number of hydrogen-bond donors (Lipinski definition) is 0. The topological polar surface area (TPSA) is 96.1 Å². The third kappa shape index (κ3) is 5.79. The minimum atomic E-state index is -4.94. The van der Waals surface area contributed by atoms with Crippen molar-refractivity contribution in [2.45, 2.75) is 27.7 Å². The van der Waals surface area contributed by atoms with Crippen molar-refractivity contribution in [3.63, 3.8) is 0 Å². The maximum atomic E-state index is 8.49. The average Bonchev–Trinajstić information content (AvgIpc) is 2.28. The lowest BCUT2D eigenvalue weighted by Gasteiger charge is -2.17. The Bertz CT molecular complexity index is 594. The first kappa shape index (κ1) is 17.6. The maximum absolute atomic E-state index is 8.49. The molecule has 0 fully saturated rings. The summed E-state index contributed by atoms with van der Waals surface area (Å²) in [7, 11) is -4.94. The smallest absolute Gasteiger partial charge is 0.213 e. The fourth-order valence-corrected chi connectivity index (χ4v) is 2.30. The highest BCUT2D eigenvalue weighted by Crippen LogP contribution is 2.11. The van der Waals surface area contributed by atoms with Crippen molar-refractivity contribution in [1.82, 2.24) is 0 Å². The van der Waals surface area contributed by atoms with Gasteiger partial charge in [0.2, 0.25) is 5.69 Å². The molecule has 0 spiro atoms. The van der Waals surface area contributed by atoms with Gasteiger partial charge in [0.25, 0.3) is 0 Å². The van der Waals surface area contributed by atoms with Crippen LogP contribution < -0.4 is 23.2 Å². The van der Waals surface area contributed by atoms with Crippen molar-refractivity contribution in [3.05, 3.63) is 58.9 Å². The third-order valence-corrected chi connectivity index (χ3v) is 2.93. The van der Waals surface area contributed by atoms with E-state index in [4.69, 9.17) is 18.6 Å². The summed E-state index contributed by atoms with van der Waals surface area (Å²) in [4.78, 5) is 0. The van der Waals surface area contributed by atoms with Gasteiger partial charge in [0.15, 0.2) is 11.4 Å². The van der Waals surface area contributed by atoms with Gasteiger partial charge in [0.05, 0.1) is 0 Å². The Hall–Kier alpha value is -1.50. The lowest BCUT2D eigenvalue weighted by molar-refractivity contribution is -2.00. The van der Waals surface area contributed by atoms with E-state index in [9.17, 15) is 0 Å². The quantitative estimate of drug-likeness (QED) is 0.595. The number of para-hydroxylation sites is 1. The predicted octanol–water partition coefficient (Wildman–Crippen LogP) is -1.56. The van der Waals surface area contributed by atoms with Crippen molar-refractivity contribution >= 4 is 0 Å². The van der Waals surface area contributed by atoms with Crippen LogP contribution in [0.1, 0.15) is 22.5 Å². The fourth-order valence-electron chi connectivity index (χ4n) is 2.30. The molecule has 1 aromatic heterocycles. The van der Waals surface area contributed by atoms with Crippen LogP contribution in [-0.2, 0) is 0 Å². The molecule has 0 radical (unpaired) electrons. The molecular weight excluding hydrogens is 294 g/mol. The fraction of sp³-hybridized carbons (Fsp3) is 0.267. The van der Waals surface area contributed by atoms with Gasteiger partial charge < -0.3 is 0 Å². The van der Waals surface area contributed by atoms with E-state index in [0.29, 0.717) is 0 Å². The summed E-state index contributed by atoms with van der Waals surface area (Å²) in [5.41, 5.74) is 6.47. The van der Waals surface area contributed by atoms with E-state index in [1.807, 2.05) is 0 Å². The van der Waals surface area contributed by atoms with Crippen LogP contribution in [0.2, 0.25) is 0 Å². The molecule has 2 aromatic rings. The summed E-state index contributed by atoms with van der Waals surface area (Å²) < 4.78 is 36.3. The predicted molar refractivity (Wildman–Crippen MR) is 66.9 cm³/mol. The number of hydrogen-bond acceptors (Lipinski definition) is 4.